The van der Waals surface area contributed by atoms with Gasteiger partial charge in [0.25, 0.3) is 0 Å². The SMILES string of the molecule is CCOC(=O)/C(=C/C1CCCCC1)CP(=O)(CC(C)C)OCC. The van der Waals surface area contributed by atoms with Crippen LogP contribution >= 0.6 is 7.37 Å². The molecular formula is C18H33O4P. The predicted molar refractivity (Wildman–Crippen MR) is 95.1 cm³/mol. The van der Waals surface area contributed by atoms with Crippen LogP contribution in [0.15, 0.2) is 11.6 Å². The van der Waals surface area contributed by atoms with Crippen molar-refractivity contribution in [3.05, 3.63) is 11.6 Å². The molecule has 134 valence electrons. The van der Waals surface area contributed by atoms with Gasteiger partial charge in [-0.05, 0) is 38.5 Å². The molecule has 1 saturated carbocycles. The highest BCUT2D eigenvalue weighted by Gasteiger charge is 2.29. The van der Waals surface area contributed by atoms with Gasteiger partial charge in [0.1, 0.15) is 0 Å². The maximum absolute atomic E-state index is 13.1. The highest BCUT2D eigenvalue weighted by atomic mass is 31.2. The van der Waals surface area contributed by atoms with Gasteiger partial charge >= 0.3 is 5.97 Å². The number of hydrogen-bond acceptors (Lipinski definition) is 4. The summed E-state index contributed by atoms with van der Waals surface area (Å²) in [6.07, 6.45) is 8.60. The number of rotatable bonds is 9. The van der Waals surface area contributed by atoms with Crippen molar-refractivity contribution in [3.63, 3.8) is 0 Å². The summed E-state index contributed by atoms with van der Waals surface area (Å²) in [4.78, 5) is 12.3. The number of esters is 1. The van der Waals surface area contributed by atoms with Crippen LogP contribution in [0.3, 0.4) is 0 Å². The van der Waals surface area contributed by atoms with Gasteiger partial charge in [0.05, 0.1) is 19.4 Å². The first-order valence-corrected chi connectivity index (χ1v) is 11.0. The Balaban J connectivity index is 2.94. The van der Waals surface area contributed by atoms with Gasteiger partial charge in [0, 0.05) is 11.7 Å². The van der Waals surface area contributed by atoms with E-state index >= 15 is 0 Å². The second-order valence-electron chi connectivity index (χ2n) is 6.78. The normalized spacial score (nSPS) is 19.6. The Morgan fingerprint density at radius 2 is 1.83 bits per heavy atom. The molecule has 0 aliphatic heterocycles. The average Bonchev–Trinajstić information content (AvgIpc) is 2.47. The van der Waals surface area contributed by atoms with Crippen LogP contribution < -0.4 is 0 Å². The van der Waals surface area contributed by atoms with Crippen molar-refractivity contribution in [2.75, 3.05) is 25.5 Å². The average molecular weight is 344 g/mol. The fraction of sp³-hybridized carbons (Fsp3) is 0.833. The van der Waals surface area contributed by atoms with Crippen molar-refractivity contribution in [1.29, 1.82) is 0 Å². The first kappa shape index (κ1) is 20.4. The second kappa shape index (κ2) is 10.3. The lowest BCUT2D eigenvalue weighted by Crippen LogP contribution is -2.16. The van der Waals surface area contributed by atoms with Crippen molar-refractivity contribution in [2.24, 2.45) is 11.8 Å². The van der Waals surface area contributed by atoms with Gasteiger partial charge in [-0.15, -0.1) is 0 Å². The van der Waals surface area contributed by atoms with E-state index in [4.69, 9.17) is 9.26 Å². The van der Waals surface area contributed by atoms with Crippen molar-refractivity contribution < 1.29 is 18.6 Å². The van der Waals surface area contributed by atoms with Gasteiger partial charge in [-0.1, -0.05) is 39.2 Å². The van der Waals surface area contributed by atoms with E-state index in [-0.39, 0.29) is 18.0 Å². The first-order chi connectivity index (χ1) is 10.9. The quantitative estimate of drug-likeness (QED) is 0.334. The molecule has 1 aliphatic carbocycles. The van der Waals surface area contributed by atoms with Crippen LogP contribution in [-0.4, -0.2) is 31.5 Å². The van der Waals surface area contributed by atoms with Crippen LogP contribution in [0.5, 0.6) is 0 Å². The second-order valence-corrected chi connectivity index (χ2v) is 9.35. The van der Waals surface area contributed by atoms with Gasteiger partial charge in [0.15, 0.2) is 0 Å². The smallest absolute Gasteiger partial charge is 0.334 e. The van der Waals surface area contributed by atoms with Crippen LogP contribution in [0.25, 0.3) is 0 Å². The Morgan fingerprint density at radius 3 is 2.35 bits per heavy atom. The maximum atomic E-state index is 13.1. The van der Waals surface area contributed by atoms with Gasteiger partial charge < -0.3 is 9.26 Å². The zero-order valence-electron chi connectivity index (χ0n) is 15.2. The molecule has 1 aliphatic rings. The molecule has 0 radical (unpaired) electrons. The number of carbonyl (C=O) groups is 1. The van der Waals surface area contributed by atoms with E-state index in [1.807, 2.05) is 26.8 Å². The molecule has 0 saturated heterocycles. The molecule has 0 aromatic rings. The van der Waals surface area contributed by atoms with E-state index in [0.717, 1.165) is 12.8 Å². The summed E-state index contributed by atoms with van der Waals surface area (Å²) in [6.45, 7) is 8.45. The van der Waals surface area contributed by atoms with Crippen LogP contribution in [-0.2, 0) is 18.6 Å². The van der Waals surface area contributed by atoms with Crippen molar-refractivity contribution in [3.8, 4) is 0 Å². The summed E-state index contributed by atoms with van der Waals surface area (Å²) < 4.78 is 23.9. The largest absolute Gasteiger partial charge is 0.463 e. The minimum atomic E-state index is -2.85. The fourth-order valence-electron chi connectivity index (χ4n) is 3.21. The molecule has 0 bridgehead atoms. The van der Waals surface area contributed by atoms with E-state index in [2.05, 4.69) is 0 Å². The first-order valence-electron chi connectivity index (χ1n) is 9.00. The lowest BCUT2D eigenvalue weighted by Gasteiger charge is -2.23. The summed E-state index contributed by atoms with van der Waals surface area (Å²) in [5.41, 5.74) is 0.552. The molecule has 0 aromatic heterocycles. The Bertz CT molecular complexity index is 436. The van der Waals surface area contributed by atoms with Crippen molar-refractivity contribution in [1.82, 2.24) is 0 Å². The van der Waals surface area contributed by atoms with Crippen LogP contribution in [0.4, 0.5) is 0 Å². The highest BCUT2D eigenvalue weighted by molar-refractivity contribution is 7.59. The molecule has 4 nitrogen and oxygen atoms in total. The minimum Gasteiger partial charge on any atom is -0.463 e. The molecule has 1 rings (SSSR count). The molecule has 0 heterocycles. The third kappa shape index (κ3) is 7.67. The van der Waals surface area contributed by atoms with Gasteiger partial charge in [-0.25, -0.2) is 4.79 Å². The molecule has 0 N–H and O–H groups in total. The molecular weight excluding hydrogens is 311 g/mol. The molecule has 0 spiro atoms. The molecule has 1 atom stereocenters. The lowest BCUT2D eigenvalue weighted by molar-refractivity contribution is -0.138. The molecule has 1 fully saturated rings. The Hall–Kier alpha value is -0.600. The fourth-order valence-corrected chi connectivity index (χ4v) is 5.87. The topological polar surface area (TPSA) is 52.6 Å². The zero-order chi connectivity index (χ0) is 17.3. The van der Waals surface area contributed by atoms with Crippen LogP contribution in [0, 0.1) is 11.8 Å². The molecule has 23 heavy (non-hydrogen) atoms. The lowest BCUT2D eigenvalue weighted by atomic mass is 9.88. The third-order valence-electron chi connectivity index (χ3n) is 4.04. The highest BCUT2D eigenvalue weighted by Crippen LogP contribution is 2.50. The minimum absolute atomic E-state index is 0.203. The number of allylic oxidation sites excluding steroid dienone is 1. The van der Waals surface area contributed by atoms with E-state index in [1.54, 1.807) is 6.92 Å². The van der Waals surface area contributed by atoms with Crippen molar-refractivity contribution >= 4 is 13.3 Å². The number of carbonyl (C=O) groups excluding carboxylic acids is 1. The summed E-state index contributed by atoms with van der Waals surface area (Å²) in [5.74, 6) is 0.338. The summed E-state index contributed by atoms with van der Waals surface area (Å²) >= 11 is 0. The summed E-state index contributed by atoms with van der Waals surface area (Å²) in [6, 6.07) is 0. The maximum Gasteiger partial charge on any atom is 0.334 e. The summed E-state index contributed by atoms with van der Waals surface area (Å²) in [5, 5.41) is 0. The molecule has 1 unspecified atom stereocenters. The Kier molecular flexibility index (Phi) is 9.16. The van der Waals surface area contributed by atoms with Gasteiger partial charge in [-0.3, -0.25) is 4.57 Å². The zero-order valence-corrected chi connectivity index (χ0v) is 16.1. The Labute approximate surface area is 141 Å². The van der Waals surface area contributed by atoms with E-state index in [9.17, 15) is 9.36 Å². The molecule has 0 amide bonds. The number of ether oxygens (including phenoxy) is 1. The number of hydrogen-bond donors (Lipinski definition) is 0. The molecule has 0 aromatic carbocycles. The van der Waals surface area contributed by atoms with E-state index in [1.165, 1.54) is 19.3 Å². The van der Waals surface area contributed by atoms with Gasteiger partial charge in [0.2, 0.25) is 7.37 Å². The molecule has 5 heteroatoms. The van der Waals surface area contributed by atoms with Crippen molar-refractivity contribution in [2.45, 2.75) is 59.8 Å². The van der Waals surface area contributed by atoms with Crippen LogP contribution in [0.2, 0.25) is 0 Å². The van der Waals surface area contributed by atoms with E-state index in [0.29, 0.717) is 30.9 Å². The predicted octanol–water partition coefficient (Wildman–Crippen LogP) is 5.03. The standard InChI is InChI=1S/C18H33O4P/c1-5-21-18(19)17(12-16-10-8-7-9-11-16)14-23(20,22-6-2)13-15(3)4/h12,15-16H,5-11,13-14H2,1-4H3/b17-12+. The summed E-state index contributed by atoms with van der Waals surface area (Å²) in [7, 11) is -2.85. The van der Waals surface area contributed by atoms with Gasteiger partial charge in [-0.2, -0.15) is 0 Å². The van der Waals surface area contributed by atoms with E-state index < -0.39 is 7.37 Å². The monoisotopic (exact) mass is 344 g/mol. The third-order valence-corrected chi connectivity index (χ3v) is 6.88. The Morgan fingerprint density at radius 1 is 1.17 bits per heavy atom. The van der Waals surface area contributed by atoms with Crippen LogP contribution in [0.1, 0.15) is 59.8 Å².